The third-order valence-corrected chi connectivity index (χ3v) is 3.85. The van der Waals surface area contributed by atoms with Crippen LogP contribution in [0.3, 0.4) is 0 Å². The van der Waals surface area contributed by atoms with E-state index in [0.717, 1.165) is 17.3 Å². The Morgan fingerprint density at radius 1 is 1.14 bits per heavy atom. The van der Waals surface area contributed by atoms with Crippen LogP contribution < -0.4 is 5.32 Å². The van der Waals surface area contributed by atoms with Crippen LogP contribution in [0.1, 0.15) is 28.6 Å². The lowest BCUT2D eigenvalue weighted by atomic mass is 10.1. The second-order valence-corrected chi connectivity index (χ2v) is 5.91. The van der Waals surface area contributed by atoms with Crippen molar-refractivity contribution in [3.63, 3.8) is 0 Å². The van der Waals surface area contributed by atoms with E-state index in [9.17, 15) is 4.79 Å². The van der Waals surface area contributed by atoms with E-state index in [2.05, 4.69) is 21.2 Å². The largest absolute Gasteiger partial charge is 0.354 e. The fourth-order valence-electron chi connectivity index (χ4n) is 1.91. The fourth-order valence-corrected chi connectivity index (χ4v) is 2.26. The summed E-state index contributed by atoms with van der Waals surface area (Å²) in [6, 6.07) is 16.4. The van der Waals surface area contributed by atoms with Gasteiger partial charge in [-0.1, -0.05) is 57.9 Å². The molecule has 1 unspecified atom stereocenters. The van der Waals surface area contributed by atoms with E-state index in [-0.39, 0.29) is 5.91 Å². The van der Waals surface area contributed by atoms with E-state index in [0.29, 0.717) is 17.2 Å². The maximum atomic E-state index is 12.3. The van der Waals surface area contributed by atoms with Gasteiger partial charge in [-0.15, -0.1) is 0 Å². The second kappa shape index (κ2) is 8.93. The Labute approximate surface area is 143 Å². The number of halogens is 2. The molecule has 0 saturated carbocycles. The molecule has 1 amide bonds. The van der Waals surface area contributed by atoms with E-state index < -0.39 is 6.23 Å². The first-order chi connectivity index (χ1) is 10.7. The number of amides is 1. The number of ether oxygens (including phenoxy) is 1. The fraction of sp³-hybridized carbons (Fsp3) is 0.235. The van der Waals surface area contributed by atoms with Crippen LogP contribution in [0, 0.1) is 0 Å². The van der Waals surface area contributed by atoms with Crippen molar-refractivity contribution in [3.05, 3.63) is 70.7 Å². The van der Waals surface area contributed by atoms with Crippen LogP contribution in [0.2, 0.25) is 5.02 Å². The van der Waals surface area contributed by atoms with Crippen LogP contribution in [-0.2, 0) is 4.74 Å². The minimum Gasteiger partial charge on any atom is -0.354 e. The maximum absolute atomic E-state index is 12.3. The first-order valence-corrected chi connectivity index (χ1v) is 8.49. The number of benzene rings is 2. The van der Waals surface area contributed by atoms with Gasteiger partial charge in [-0.2, -0.15) is 0 Å². The normalized spacial score (nSPS) is 11.9. The summed E-state index contributed by atoms with van der Waals surface area (Å²) in [6.07, 6.45) is 0.370. The Morgan fingerprint density at radius 3 is 2.45 bits per heavy atom. The van der Waals surface area contributed by atoms with Crippen molar-refractivity contribution in [1.29, 1.82) is 0 Å². The van der Waals surface area contributed by atoms with Crippen molar-refractivity contribution in [2.75, 3.05) is 11.9 Å². The van der Waals surface area contributed by atoms with Crippen LogP contribution in [0.5, 0.6) is 0 Å². The summed E-state index contributed by atoms with van der Waals surface area (Å²) in [5.74, 6) is -0.167. The average molecular weight is 383 g/mol. The van der Waals surface area contributed by atoms with Gasteiger partial charge >= 0.3 is 0 Å². The molecular formula is C17H17BrClNO2. The van der Waals surface area contributed by atoms with Crippen LogP contribution in [0.4, 0.5) is 0 Å². The number of alkyl halides is 1. The molecule has 0 radical (unpaired) electrons. The van der Waals surface area contributed by atoms with E-state index in [1.54, 1.807) is 24.3 Å². The Balaban J connectivity index is 2.10. The number of carbonyl (C=O) groups excluding carboxylic acids is 1. The molecule has 116 valence electrons. The van der Waals surface area contributed by atoms with Gasteiger partial charge in [0.25, 0.3) is 5.91 Å². The minimum absolute atomic E-state index is 0.167. The zero-order valence-electron chi connectivity index (χ0n) is 12.0. The molecule has 2 aromatic rings. The molecule has 0 aliphatic rings. The van der Waals surface area contributed by atoms with Crippen LogP contribution in [0.25, 0.3) is 0 Å². The Hall–Kier alpha value is -1.36. The Kier molecular flexibility index (Phi) is 6.90. The van der Waals surface area contributed by atoms with E-state index in [1.165, 1.54) is 0 Å². The lowest BCUT2D eigenvalue weighted by Crippen LogP contribution is -2.30. The zero-order valence-corrected chi connectivity index (χ0v) is 14.3. The molecule has 2 aromatic carbocycles. The topological polar surface area (TPSA) is 38.3 Å². The molecule has 0 saturated heterocycles. The standard InChI is InChI=1S/C17H17BrClNO2/c18-11-4-12-22-17(14-7-9-15(19)10-8-14)20-16(21)13-5-2-1-3-6-13/h1-3,5-10,17H,4,11-12H2,(H,20,21). The van der Waals surface area contributed by atoms with Gasteiger partial charge in [-0.05, 0) is 30.7 Å². The monoisotopic (exact) mass is 381 g/mol. The first kappa shape index (κ1) is 17.0. The van der Waals surface area contributed by atoms with Gasteiger partial charge in [0, 0.05) is 21.5 Å². The minimum atomic E-state index is -0.496. The molecule has 22 heavy (non-hydrogen) atoms. The third kappa shape index (κ3) is 5.13. The number of hydrogen-bond acceptors (Lipinski definition) is 2. The van der Waals surface area contributed by atoms with Crippen molar-refractivity contribution in [2.45, 2.75) is 12.6 Å². The second-order valence-electron chi connectivity index (χ2n) is 4.68. The third-order valence-electron chi connectivity index (χ3n) is 3.03. The molecule has 0 aliphatic heterocycles. The quantitative estimate of drug-likeness (QED) is 0.433. The van der Waals surface area contributed by atoms with Gasteiger partial charge in [0.05, 0.1) is 6.61 Å². The highest BCUT2D eigenvalue weighted by Gasteiger charge is 2.16. The summed E-state index contributed by atoms with van der Waals surface area (Å²) in [6.45, 7) is 0.549. The van der Waals surface area contributed by atoms with Crippen LogP contribution >= 0.6 is 27.5 Å². The predicted octanol–water partition coefficient (Wildman–Crippen LogP) is 4.57. The number of nitrogens with one attached hydrogen (secondary N) is 1. The molecule has 2 rings (SSSR count). The summed E-state index contributed by atoms with van der Waals surface area (Å²) in [7, 11) is 0. The Morgan fingerprint density at radius 2 is 1.82 bits per heavy atom. The summed E-state index contributed by atoms with van der Waals surface area (Å²) < 4.78 is 5.80. The highest BCUT2D eigenvalue weighted by molar-refractivity contribution is 9.09. The summed E-state index contributed by atoms with van der Waals surface area (Å²) in [5.41, 5.74) is 1.47. The highest BCUT2D eigenvalue weighted by Crippen LogP contribution is 2.19. The predicted molar refractivity (Wildman–Crippen MR) is 92.5 cm³/mol. The Bertz CT molecular complexity index is 589. The summed E-state index contributed by atoms with van der Waals surface area (Å²) >= 11 is 9.28. The van der Waals surface area contributed by atoms with Gasteiger partial charge in [-0.3, -0.25) is 4.79 Å². The SMILES string of the molecule is O=C(NC(OCCCBr)c1ccc(Cl)cc1)c1ccccc1. The molecule has 5 heteroatoms. The molecule has 0 heterocycles. The van der Waals surface area contributed by atoms with Gasteiger partial charge in [0.1, 0.15) is 0 Å². The van der Waals surface area contributed by atoms with Crippen molar-refractivity contribution in [3.8, 4) is 0 Å². The van der Waals surface area contributed by atoms with E-state index >= 15 is 0 Å². The number of carbonyl (C=O) groups is 1. The maximum Gasteiger partial charge on any atom is 0.253 e. The molecule has 1 atom stereocenters. The molecule has 1 N–H and O–H groups in total. The van der Waals surface area contributed by atoms with Crippen molar-refractivity contribution in [2.24, 2.45) is 0 Å². The summed E-state index contributed by atoms with van der Waals surface area (Å²) in [4.78, 5) is 12.3. The molecule has 0 fully saturated rings. The molecule has 0 aliphatic carbocycles. The molecule has 0 bridgehead atoms. The smallest absolute Gasteiger partial charge is 0.253 e. The zero-order chi connectivity index (χ0) is 15.8. The molecule has 0 spiro atoms. The van der Waals surface area contributed by atoms with Crippen molar-refractivity contribution in [1.82, 2.24) is 5.32 Å². The van der Waals surface area contributed by atoms with E-state index in [1.807, 2.05) is 30.3 Å². The number of hydrogen-bond donors (Lipinski definition) is 1. The van der Waals surface area contributed by atoms with Gasteiger partial charge < -0.3 is 10.1 Å². The summed E-state index contributed by atoms with van der Waals surface area (Å²) in [5, 5.41) is 4.41. The lowest BCUT2D eigenvalue weighted by molar-refractivity contribution is 0.0274. The molecule has 0 aromatic heterocycles. The van der Waals surface area contributed by atoms with Gasteiger partial charge in [0.15, 0.2) is 6.23 Å². The van der Waals surface area contributed by atoms with Crippen molar-refractivity contribution >= 4 is 33.4 Å². The van der Waals surface area contributed by atoms with Gasteiger partial charge in [-0.25, -0.2) is 0 Å². The van der Waals surface area contributed by atoms with Crippen LogP contribution in [0.15, 0.2) is 54.6 Å². The lowest BCUT2D eigenvalue weighted by Gasteiger charge is -2.20. The van der Waals surface area contributed by atoms with Crippen LogP contribution in [-0.4, -0.2) is 17.8 Å². The van der Waals surface area contributed by atoms with E-state index in [4.69, 9.17) is 16.3 Å². The molecule has 3 nitrogen and oxygen atoms in total. The first-order valence-electron chi connectivity index (χ1n) is 6.99. The average Bonchev–Trinajstić information content (AvgIpc) is 2.55. The molecular weight excluding hydrogens is 366 g/mol. The highest BCUT2D eigenvalue weighted by atomic mass is 79.9. The van der Waals surface area contributed by atoms with Gasteiger partial charge in [0.2, 0.25) is 0 Å². The number of rotatable bonds is 7. The van der Waals surface area contributed by atoms with Crippen molar-refractivity contribution < 1.29 is 9.53 Å².